The van der Waals surface area contributed by atoms with Gasteiger partial charge >= 0.3 is 0 Å². The Kier molecular flexibility index (Phi) is 5.72. The molecule has 0 unspecified atom stereocenters. The Bertz CT molecular complexity index is 1280. The van der Waals surface area contributed by atoms with Crippen LogP contribution in [0.1, 0.15) is 12.0 Å². The van der Waals surface area contributed by atoms with E-state index < -0.39 is 0 Å². The van der Waals surface area contributed by atoms with Gasteiger partial charge in [-0.05, 0) is 42.8 Å². The Labute approximate surface area is 199 Å². The van der Waals surface area contributed by atoms with Crippen molar-refractivity contribution in [2.45, 2.75) is 25.4 Å². The number of likely N-dealkylation sites (tertiary alicyclic amines) is 1. The van der Waals surface area contributed by atoms with Crippen molar-refractivity contribution in [1.29, 1.82) is 0 Å². The second-order valence-corrected chi connectivity index (χ2v) is 8.97. The third kappa shape index (κ3) is 4.28. The highest BCUT2D eigenvalue weighted by Gasteiger charge is 2.31. The van der Waals surface area contributed by atoms with Crippen LogP contribution in [0.4, 0.5) is 5.82 Å². The number of aromatic nitrogens is 2. The molecule has 0 spiro atoms. The van der Waals surface area contributed by atoms with Gasteiger partial charge in [-0.15, -0.1) is 0 Å². The maximum Gasteiger partial charge on any atom is 0.246 e. The first-order valence-corrected chi connectivity index (χ1v) is 11.5. The van der Waals surface area contributed by atoms with E-state index in [2.05, 4.69) is 38.9 Å². The van der Waals surface area contributed by atoms with E-state index in [1.807, 2.05) is 28.8 Å². The molecule has 1 saturated heterocycles. The summed E-state index contributed by atoms with van der Waals surface area (Å²) in [7, 11) is 0. The third-order valence-corrected chi connectivity index (χ3v) is 6.32. The van der Waals surface area contributed by atoms with Crippen molar-refractivity contribution in [3.63, 3.8) is 0 Å². The van der Waals surface area contributed by atoms with Gasteiger partial charge in [-0.2, -0.15) is 4.99 Å². The topological polar surface area (TPSA) is 88.8 Å². The fraction of sp³-hybridized carbons (Fsp3) is 0.250. The van der Waals surface area contributed by atoms with E-state index in [4.69, 9.17) is 9.73 Å². The monoisotopic (exact) mass is 507 g/mol. The first-order chi connectivity index (χ1) is 16.0. The average Bonchev–Trinajstić information content (AvgIpc) is 3.08. The molecule has 0 radical (unpaired) electrons. The van der Waals surface area contributed by atoms with Crippen molar-refractivity contribution < 1.29 is 14.3 Å². The van der Waals surface area contributed by atoms with Gasteiger partial charge in [0.2, 0.25) is 11.8 Å². The quantitative estimate of drug-likeness (QED) is 0.536. The number of nitrogens with zero attached hydrogens (tertiary/aromatic N) is 4. The molecule has 0 atom stereocenters. The van der Waals surface area contributed by atoms with Crippen molar-refractivity contribution in [1.82, 2.24) is 19.8 Å². The van der Waals surface area contributed by atoms with Crippen LogP contribution in [-0.4, -0.2) is 51.3 Å². The molecule has 1 N–H and O–H groups in total. The number of rotatable bonds is 5. The van der Waals surface area contributed by atoms with Crippen LogP contribution in [0.15, 0.2) is 64.8 Å². The lowest BCUT2D eigenvalue weighted by Gasteiger charge is -2.38. The van der Waals surface area contributed by atoms with Gasteiger partial charge in [0.15, 0.2) is 5.90 Å². The number of benzene rings is 1. The van der Waals surface area contributed by atoms with Gasteiger partial charge < -0.3 is 19.5 Å². The summed E-state index contributed by atoms with van der Waals surface area (Å²) in [4.78, 5) is 35.0. The second-order valence-electron chi connectivity index (χ2n) is 8.06. The number of hydrogen-bond donors (Lipinski definition) is 1. The SMILES string of the molecule is C=CC(=O)N1CC(NC(=O)Cn2c3c(c4cc(Br)ccc42)CCC(Oc2cccnc2)=N3)C1. The van der Waals surface area contributed by atoms with E-state index in [0.717, 1.165) is 33.2 Å². The van der Waals surface area contributed by atoms with E-state index >= 15 is 0 Å². The molecule has 0 aliphatic carbocycles. The van der Waals surface area contributed by atoms with E-state index in [1.54, 1.807) is 17.3 Å². The van der Waals surface area contributed by atoms with Gasteiger partial charge in [-0.3, -0.25) is 14.6 Å². The summed E-state index contributed by atoms with van der Waals surface area (Å²) in [6.45, 7) is 4.62. The van der Waals surface area contributed by atoms with E-state index in [1.165, 1.54) is 6.08 Å². The van der Waals surface area contributed by atoms with E-state index in [-0.39, 0.29) is 24.4 Å². The number of hydrogen-bond acceptors (Lipinski definition) is 5. The van der Waals surface area contributed by atoms with Crippen LogP contribution in [0.25, 0.3) is 10.9 Å². The fourth-order valence-electron chi connectivity index (χ4n) is 4.24. The van der Waals surface area contributed by atoms with Crippen molar-refractivity contribution >= 4 is 50.4 Å². The number of pyridine rings is 1. The second kappa shape index (κ2) is 8.82. The zero-order chi connectivity index (χ0) is 22.9. The predicted molar refractivity (Wildman–Crippen MR) is 129 cm³/mol. The first-order valence-electron chi connectivity index (χ1n) is 10.7. The maximum absolute atomic E-state index is 12.9. The van der Waals surface area contributed by atoms with Crippen LogP contribution in [0.5, 0.6) is 5.75 Å². The standard InChI is InChI=1S/C24H22BrN5O3/c1-2-23(32)29-12-16(13-29)27-21(31)14-30-20-7-5-15(25)10-19(20)18-6-8-22(28-24(18)30)33-17-4-3-9-26-11-17/h2-5,7,9-11,16H,1,6,8,12-14H2,(H,27,31). The molecule has 3 aromatic rings. The van der Waals surface area contributed by atoms with Gasteiger partial charge in [-0.25, -0.2) is 0 Å². The zero-order valence-electron chi connectivity index (χ0n) is 17.8. The Balaban J connectivity index is 1.40. The van der Waals surface area contributed by atoms with Crippen LogP contribution in [-0.2, 0) is 22.6 Å². The zero-order valence-corrected chi connectivity index (χ0v) is 19.4. The molecule has 2 amide bonds. The molecule has 2 aliphatic rings. The molecule has 0 bridgehead atoms. The number of amides is 2. The Hall–Kier alpha value is -3.46. The van der Waals surface area contributed by atoms with E-state index in [0.29, 0.717) is 31.2 Å². The Morgan fingerprint density at radius 2 is 2.12 bits per heavy atom. The molecule has 2 aliphatic heterocycles. The predicted octanol–water partition coefficient (Wildman–Crippen LogP) is 3.37. The number of ether oxygens (including phenoxy) is 1. The minimum absolute atomic E-state index is 0.0545. The smallest absolute Gasteiger partial charge is 0.246 e. The number of halogens is 1. The number of aliphatic imine (C=N–C) groups is 1. The number of carbonyl (C=O) groups is 2. The summed E-state index contributed by atoms with van der Waals surface area (Å²) >= 11 is 3.55. The molecule has 33 heavy (non-hydrogen) atoms. The molecule has 4 heterocycles. The van der Waals surface area contributed by atoms with Crippen LogP contribution in [0.3, 0.4) is 0 Å². The lowest BCUT2D eigenvalue weighted by Crippen LogP contribution is -2.61. The lowest BCUT2D eigenvalue weighted by atomic mass is 10.1. The van der Waals surface area contributed by atoms with Gasteiger partial charge in [-0.1, -0.05) is 22.5 Å². The molecule has 8 nitrogen and oxygen atoms in total. The van der Waals surface area contributed by atoms with Crippen LogP contribution < -0.4 is 10.1 Å². The number of nitrogens with one attached hydrogen (secondary N) is 1. The first kappa shape index (κ1) is 21.4. The van der Waals surface area contributed by atoms with Gasteiger partial charge in [0.1, 0.15) is 18.1 Å². The molecule has 1 fully saturated rings. The summed E-state index contributed by atoms with van der Waals surface area (Å²) in [5.41, 5.74) is 2.05. The molecule has 2 aromatic heterocycles. The number of aryl methyl sites for hydroxylation is 1. The maximum atomic E-state index is 12.9. The van der Waals surface area contributed by atoms with Crippen LogP contribution in [0, 0.1) is 0 Å². The molecule has 168 valence electrons. The van der Waals surface area contributed by atoms with Crippen LogP contribution in [0.2, 0.25) is 0 Å². The molecular formula is C24H22BrN5O3. The minimum atomic E-state index is -0.121. The summed E-state index contributed by atoms with van der Waals surface area (Å²) in [5.74, 6) is 1.72. The van der Waals surface area contributed by atoms with Crippen LogP contribution >= 0.6 is 15.9 Å². The van der Waals surface area contributed by atoms with E-state index in [9.17, 15) is 9.59 Å². The summed E-state index contributed by atoms with van der Waals surface area (Å²) in [5, 5.41) is 4.08. The molecule has 5 rings (SSSR count). The summed E-state index contributed by atoms with van der Waals surface area (Å²) in [6, 6.07) is 9.62. The Morgan fingerprint density at radius 3 is 2.88 bits per heavy atom. The molecule has 9 heteroatoms. The summed E-state index contributed by atoms with van der Waals surface area (Å²) in [6.07, 6.45) is 6.05. The fourth-order valence-corrected chi connectivity index (χ4v) is 4.60. The molecule has 1 aromatic carbocycles. The van der Waals surface area contributed by atoms with Crippen molar-refractivity contribution in [2.24, 2.45) is 4.99 Å². The largest absolute Gasteiger partial charge is 0.441 e. The number of fused-ring (bicyclic) bond motifs is 3. The molecule has 0 saturated carbocycles. The summed E-state index contributed by atoms with van der Waals surface area (Å²) < 4.78 is 8.85. The average molecular weight is 508 g/mol. The highest BCUT2D eigenvalue weighted by atomic mass is 79.9. The number of carbonyl (C=O) groups excluding carboxylic acids is 2. The lowest BCUT2D eigenvalue weighted by molar-refractivity contribution is -0.133. The highest BCUT2D eigenvalue weighted by molar-refractivity contribution is 9.10. The molecular weight excluding hydrogens is 486 g/mol. The van der Waals surface area contributed by atoms with Gasteiger partial charge in [0.05, 0.1) is 17.8 Å². The minimum Gasteiger partial charge on any atom is -0.441 e. The van der Waals surface area contributed by atoms with Gasteiger partial charge in [0.25, 0.3) is 0 Å². The van der Waals surface area contributed by atoms with Crippen molar-refractivity contribution in [2.75, 3.05) is 13.1 Å². The normalized spacial score (nSPS) is 15.4. The van der Waals surface area contributed by atoms with Gasteiger partial charge in [0, 0.05) is 41.1 Å². The highest BCUT2D eigenvalue weighted by Crippen LogP contribution is 2.37. The van der Waals surface area contributed by atoms with Crippen molar-refractivity contribution in [3.05, 3.63) is 65.4 Å². The van der Waals surface area contributed by atoms with Crippen molar-refractivity contribution in [3.8, 4) is 5.75 Å². The Morgan fingerprint density at radius 1 is 1.27 bits per heavy atom. The third-order valence-electron chi connectivity index (χ3n) is 5.82.